The number of fused-ring (bicyclic) bond motifs is 2. The third-order valence-corrected chi connectivity index (χ3v) is 2.66. The van der Waals surface area contributed by atoms with Crippen LogP contribution in [0.3, 0.4) is 0 Å². The summed E-state index contributed by atoms with van der Waals surface area (Å²) in [6.07, 6.45) is 0.899. The monoisotopic (exact) mass is 197 g/mol. The molecule has 0 amide bonds. The van der Waals surface area contributed by atoms with Crippen molar-refractivity contribution in [2.45, 2.75) is 6.42 Å². The SMILES string of the molecule is Nc1ccc2c(c1)Cc1ccccc1O2. The molecular weight excluding hydrogens is 186 g/mol. The van der Waals surface area contributed by atoms with E-state index >= 15 is 0 Å². The summed E-state index contributed by atoms with van der Waals surface area (Å²) in [5.74, 6) is 1.87. The van der Waals surface area contributed by atoms with Crippen LogP contribution in [-0.4, -0.2) is 0 Å². The smallest absolute Gasteiger partial charge is 0.131 e. The van der Waals surface area contributed by atoms with Gasteiger partial charge in [-0.1, -0.05) is 18.2 Å². The van der Waals surface area contributed by atoms with Gasteiger partial charge in [0, 0.05) is 17.7 Å². The minimum Gasteiger partial charge on any atom is -0.457 e. The van der Waals surface area contributed by atoms with Gasteiger partial charge in [-0.15, -0.1) is 0 Å². The number of anilines is 1. The van der Waals surface area contributed by atoms with Gasteiger partial charge in [0.1, 0.15) is 11.5 Å². The number of nitrogens with two attached hydrogens (primary N) is 1. The molecule has 3 rings (SSSR count). The van der Waals surface area contributed by atoms with Crippen molar-refractivity contribution in [3.05, 3.63) is 53.6 Å². The molecule has 15 heavy (non-hydrogen) atoms. The first-order valence-electron chi connectivity index (χ1n) is 4.97. The van der Waals surface area contributed by atoms with Gasteiger partial charge in [-0.05, 0) is 29.8 Å². The second-order valence-electron chi connectivity index (χ2n) is 3.75. The lowest BCUT2D eigenvalue weighted by Gasteiger charge is -2.20. The molecule has 0 aliphatic carbocycles. The van der Waals surface area contributed by atoms with Crippen molar-refractivity contribution < 1.29 is 4.74 Å². The van der Waals surface area contributed by atoms with Crippen LogP contribution < -0.4 is 10.5 Å². The quantitative estimate of drug-likeness (QED) is 0.562. The number of para-hydroxylation sites is 1. The van der Waals surface area contributed by atoms with Gasteiger partial charge in [0.05, 0.1) is 0 Å². The number of rotatable bonds is 0. The third kappa shape index (κ3) is 1.34. The van der Waals surface area contributed by atoms with E-state index < -0.39 is 0 Å². The normalized spacial score (nSPS) is 12.5. The summed E-state index contributed by atoms with van der Waals surface area (Å²) in [6, 6.07) is 13.9. The first kappa shape index (κ1) is 8.36. The highest BCUT2D eigenvalue weighted by Gasteiger charge is 2.15. The van der Waals surface area contributed by atoms with Crippen molar-refractivity contribution in [3.63, 3.8) is 0 Å². The van der Waals surface area contributed by atoms with Crippen LogP contribution in [0.2, 0.25) is 0 Å². The molecule has 0 saturated carbocycles. The van der Waals surface area contributed by atoms with Crippen LogP contribution in [-0.2, 0) is 6.42 Å². The van der Waals surface area contributed by atoms with Crippen molar-refractivity contribution in [1.29, 1.82) is 0 Å². The van der Waals surface area contributed by atoms with Crippen LogP contribution in [0.25, 0.3) is 0 Å². The first-order chi connectivity index (χ1) is 7.33. The third-order valence-electron chi connectivity index (χ3n) is 2.66. The summed E-state index contributed by atoms with van der Waals surface area (Å²) >= 11 is 0. The highest BCUT2D eigenvalue weighted by atomic mass is 16.5. The minimum absolute atomic E-state index is 0.789. The Bertz CT molecular complexity index is 520. The van der Waals surface area contributed by atoms with E-state index in [-0.39, 0.29) is 0 Å². The molecule has 1 aliphatic heterocycles. The van der Waals surface area contributed by atoms with Gasteiger partial charge >= 0.3 is 0 Å². The average molecular weight is 197 g/mol. The van der Waals surface area contributed by atoms with E-state index in [9.17, 15) is 0 Å². The van der Waals surface area contributed by atoms with E-state index in [4.69, 9.17) is 10.5 Å². The standard InChI is InChI=1S/C13H11NO/c14-11-5-6-13-10(8-11)7-9-3-1-2-4-12(9)15-13/h1-6,8H,7,14H2. The molecule has 0 unspecified atom stereocenters. The number of ether oxygens (including phenoxy) is 1. The maximum absolute atomic E-state index is 5.78. The molecule has 74 valence electrons. The van der Waals surface area contributed by atoms with E-state index in [1.807, 2.05) is 36.4 Å². The largest absolute Gasteiger partial charge is 0.457 e. The highest BCUT2D eigenvalue weighted by Crippen LogP contribution is 2.36. The summed E-state index contributed by atoms with van der Waals surface area (Å²) in [5, 5.41) is 0. The molecule has 1 aliphatic rings. The van der Waals surface area contributed by atoms with Gasteiger partial charge in [-0.25, -0.2) is 0 Å². The van der Waals surface area contributed by atoms with E-state index in [0.29, 0.717) is 0 Å². The molecule has 2 aromatic carbocycles. The zero-order chi connectivity index (χ0) is 10.3. The Morgan fingerprint density at radius 2 is 1.73 bits per heavy atom. The molecule has 2 heteroatoms. The van der Waals surface area contributed by atoms with Gasteiger partial charge in [0.2, 0.25) is 0 Å². The van der Waals surface area contributed by atoms with Crippen molar-refractivity contribution in [2.24, 2.45) is 0 Å². The van der Waals surface area contributed by atoms with E-state index in [2.05, 4.69) is 6.07 Å². The predicted octanol–water partition coefficient (Wildman–Crippen LogP) is 2.97. The number of hydrogen-bond acceptors (Lipinski definition) is 2. The molecule has 2 aromatic rings. The van der Waals surface area contributed by atoms with E-state index in [1.165, 1.54) is 5.56 Å². The fraction of sp³-hybridized carbons (Fsp3) is 0.0769. The number of hydrogen-bond donors (Lipinski definition) is 1. The lowest BCUT2D eigenvalue weighted by molar-refractivity contribution is 0.460. The lowest BCUT2D eigenvalue weighted by Crippen LogP contribution is -2.03. The van der Waals surface area contributed by atoms with Gasteiger partial charge < -0.3 is 10.5 Å². The zero-order valence-corrected chi connectivity index (χ0v) is 8.23. The van der Waals surface area contributed by atoms with Crippen LogP contribution in [0, 0.1) is 0 Å². The molecule has 0 saturated heterocycles. The van der Waals surface area contributed by atoms with Gasteiger partial charge in [-0.2, -0.15) is 0 Å². The predicted molar refractivity (Wildman–Crippen MR) is 60.2 cm³/mol. The second-order valence-corrected chi connectivity index (χ2v) is 3.75. The van der Waals surface area contributed by atoms with Crippen molar-refractivity contribution >= 4 is 5.69 Å². The van der Waals surface area contributed by atoms with Gasteiger partial charge in [-0.3, -0.25) is 0 Å². The van der Waals surface area contributed by atoms with E-state index in [1.54, 1.807) is 0 Å². The Kier molecular flexibility index (Phi) is 1.68. The maximum atomic E-state index is 5.78. The van der Waals surface area contributed by atoms with Crippen molar-refractivity contribution in [3.8, 4) is 11.5 Å². The van der Waals surface area contributed by atoms with Gasteiger partial charge in [0.15, 0.2) is 0 Å². The molecule has 2 N–H and O–H groups in total. The molecule has 0 aromatic heterocycles. The molecule has 0 fully saturated rings. The Labute approximate surface area is 88.3 Å². The fourth-order valence-corrected chi connectivity index (χ4v) is 1.91. The summed E-state index contributed by atoms with van der Waals surface area (Å²) in [6.45, 7) is 0. The topological polar surface area (TPSA) is 35.2 Å². The Balaban J connectivity index is 2.11. The second kappa shape index (κ2) is 3.02. The summed E-state index contributed by atoms with van der Waals surface area (Å²) in [4.78, 5) is 0. The van der Waals surface area contributed by atoms with Crippen LogP contribution in [0.4, 0.5) is 5.69 Å². The molecule has 0 spiro atoms. The lowest BCUT2D eigenvalue weighted by atomic mass is 10.0. The Morgan fingerprint density at radius 3 is 2.67 bits per heavy atom. The number of nitrogen functional groups attached to an aromatic ring is 1. The summed E-state index contributed by atoms with van der Waals surface area (Å²) < 4.78 is 5.78. The zero-order valence-electron chi connectivity index (χ0n) is 8.23. The molecule has 0 atom stereocenters. The molecule has 1 heterocycles. The van der Waals surface area contributed by atoms with Crippen molar-refractivity contribution in [1.82, 2.24) is 0 Å². The van der Waals surface area contributed by atoms with Crippen LogP contribution in [0.1, 0.15) is 11.1 Å². The fourth-order valence-electron chi connectivity index (χ4n) is 1.91. The summed E-state index contributed by atoms with van der Waals surface area (Å²) in [5.41, 5.74) is 8.91. The molecule has 2 nitrogen and oxygen atoms in total. The van der Waals surface area contributed by atoms with Crippen LogP contribution in [0.15, 0.2) is 42.5 Å². The molecule has 0 bridgehead atoms. The maximum Gasteiger partial charge on any atom is 0.131 e. The molecule has 0 radical (unpaired) electrons. The molecular formula is C13H11NO. The minimum atomic E-state index is 0.789. The average Bonchev–Trinajstić information content (AvgIpc) is 2.26. The van der Waals surface area contributed by atoms with Gasteiger partial charge in [0.25, 0.3) is 0 Å². The summed E-state index contributed by atoms with van der Waals surface area (Å²) in [7, 11) is 0. The first-order valence-corrected chi connectivity index (χ1v) is 4.97. The van der Waals surface area contributed by atoms with Crippen molar-refractivity contribution in [2.75, 3.05) is 5.73 Å². The van der Waals surface area contributed by atoms with Crippen LogP contribution >= 0.6 is 0 Å². The van der Waals surface area contributed by atoms with Crippen LogP contribution in [0.5, 0.6) is 11.5 Å². The van der Waals surface area contributed by atoms with E-state index in [0.717, 1.165) is 29.2 Å². The highest BCUT2D eigenvalue weighted by molar-refractivity contribution is 5.55. The Hall–Kier alpha value is -1.96. The number of benzene rings is 2. The Morgan fingerprint density at radius 1 is 0.933 bits per heavy atom.